The highest BCUT2D eigenvalue weighted by Gasteiger charge is 2.35. The Bertz CT molecular complexity index is 383. The summed E-state index contributed by atoms with van der Waals surface area (Å²) >= 11 is 0. The molecular formula is C11H17N3O3. The number of rotatable bonds is 1. The minimum absolute atomic E-state index is 0.146. The van der Waals surface area contributed by atoms with Crippen LogP contribution in [0.4, 0.5) is 4.79 Å². The van der Waals surface area contributed by atoms with Crippen molar-refractivity contribution in [1.82, 2.24) is 15.1 Å². The smallest absolute Gasteiger partial charge is 0.410 e. The van der Waals surface area contributed by atoms with Crippen molar-refractivity contribution in [2.24, 2.45) is 0 Å². The molecule has 0 aliphatic carbocycles. The van der Waals surface area contributed by atoms with Gasteiger partial charge in [0.05, 0.1) is 0 Å². The number of ether oxygens (including phenoxy) is 1. The first-order valence-corrected chi connectivity index (χ1v) is 5.73. The quantitative estimate of drug-likeness (QED) is 0.751. The summed E-state index contributed by atoms with van der Waals surface area (Å²) in [6, 6.07) is -0.146. The molecule has 0 N–H and O–H groups in total. The molecule has 6 nitrogen and oxygen atoms in total. The standard InChI is InChI=1S/C11H17N3O3/c1-11(2,3)17-10(15)14-6-4-5-8(14)9-13-12-7-16-9/h7-8H,4-6H2,1-3H3. The largest absolute Gasteiger partial charge is 0.444 e. The van der Waals surface area contributed by atoms with Crippen molar-refractivity contribution in [3.05, 3.63) is 12.3 Å². The third-order valence-electron chi connectivity index (χ3n) is 2.54. The average molecular weight is 239 g/mol. The molecule has 0 aromatic carbocycles. The maximum atomic E-state index is 12.0. The van der Waals surface area contributed by atoms with Gasteiger partial charge in [-0.15, -0.1) is 10.2 Å². The molecule has 1 aromatic heterocycles. The Kier molecular flexibility index (Phi) is 3.04. The highest BCUT2D eigenvalue weighted by molar-refractivity contribution is 5.69. The first-order valence-electron chi connectivity index (χ1n) is 5.73. The zero-order valence-electron chi connectivity index (χ0n) is 10.3. The third kappa shape index (κ3) is 2.75. The van der Waals surface area contributed by atoms with Gasteiger partial charge in [-0.05, 0) is 33.6 Å². The second kappa shape index (κ2) is 4.35. The molecule has 1 aromatic rings. The number of carbonyl (C=O) groups is 1. The molecule has 1 unspecified atom stereocenters. The summed E-state index contributed by atoms with van der Waals surface area (Å²) in [4.78, 5) is 13.6. The Morgan fingerprint density at radius 1 is 1.59 bits per heavy atom. The van der Waals surface area contributed by atoms with Crippen molar-refractivity contribution in [1.29, 1.82) is 0 Å². The van der Waals surface area contributed by atoms with Crippen LogP contribution in [0, 0.1) is 0 Å². The Balaban J connectivity index is 2.07. The van der Waals surface area contributed by atoms with Crippen LogP contribution in [-0.4, -0.2) is 33.3 Å². The third-order valence-corrected chi connectivity index (χ3v) is 2.54. The fraction of sp³-hybridized carbons (Fsp3) is 0.727. The van der Waals surface area contributed by atoms with E-state index in [9.17, 15) is 4.79 Å². The molecule has 0 saturated carbocycles. The lowest BCUT2D eigenvalue weighted by molar-refractivity contribution is 0.0204. The summed E-state index contributed by atoms with van der Waals surface area (Å²) in [5, 5.41) is 7.50. The van der Waals surface area contributed by atoms with E-state index in [1.54, 1.807) is 4.90 Å². The monoisotopic (exact) mass is 239 g/mol. The number of aromatic nitrogens is 2. The van der Waals surface area contributed by atoms with Gasteiger partial charge in [0, 0.05) is 6.54 Å². The molecule has 1 amide bonds. The number of carbonyl (C=O) groups excluding carboxylic acids is 1. The molecule has 0 bridgehead atoms. The van der Waals surface area contributed by atoms with Crippen molar-refractivity contribution in [3.63, 3.8) is 0 Å². The second-order valence-corrected chi connectivity index (χ2v) is 5.11. The average Bonchev–Trinajstić information content (AvgIpc) is 2.85. The Morgan fingerprint density at radius 2 is 2.35 bits per heavy atom. The number of amides is 1. The molecule has 1 atom stereocenters. The Morgan fingerprint density at radius 3 is 2.94 bits per heavy atom. The van der Waals surface area contributed by atoms with Crippen LogP contribution < -0.4 is 0 Å². The van der Waals surface area contributed by atoms with Crippen LogP contribution in [0.25, 0.3) is 0 Å². The number of hydrogen-bond acceptors (Lipinski definition) is 5. The molecule has 94 valence electrons. The zero-order chi connectivity index (χ0) is 12.5. The lowest BCUT2D eigenvalue weighted by atomic mass is 10.2. The molecule has 1 aliphatic rings. The fourth-order valence-corrected chi connectivity index (χ4v) is 1.89. The van der Waals surface area contributed by atoms with Crippen molar-refractivity contribution in [2.75, 3.05) is 6.54 Å². The first-order chi connectivity index (χ1) is 7.97. The molecule has 0 radical (unpaired) electrons. The molecule has 6 heteroatoms. The highest BCUT2D eigenvalue weighted by Crippen LogP contribution is 2.31. The van der Waals surface area contributed by atoms with Crippen molar-refractivity contribution >= 4 is 6.09 Å². The summed E-state index contributed by atoms with van der Waals surface area (Å²) in [7, 11) is 0. The molecule has 2 heterocycles. The van der Waals surface area contributed by atoms with Crippen molar-refractivity contribution in [3.8, 4) is 0 Å². The van der Waals surface area contributed by atoms with Crippen LogP contribution in [0.3, 0.4) is 0 Å². The minimum atomic E-state index is -0.487. The molecule has 1 fully saturated rings. The lowest BCUT2D eigenvalue weighted by Crippen LogP contribution is -2.36. The van der Waals surface area contributed by atoms with Gasteiger partial charge in [-0.3, -0.25) is 4.90 Å². The maximum absolute atomic E-state index is 12.0. The van der Waals surface area contributed by atoms with E-state index in [0.29, 0.717) is 12.4 Å². The van der Waals surface area contributed by atoms with Gasteiger partial charge in [0.1, 0.15) is 11.6 Å². The van der Waals surface area contributed by atoms with Crippen LogP contribution in [-0.2, 0) is 4.74 Å². The Hall–Kier alpha value is -1.59. The van der Waals surface area contributed by atoms with Gasteiger partial charge in [0.2, 0.25) is 12.3 Å². The van der Waals surface area contributed by atoms with E-state index in [4.69, 9.17) is 9.15 Å². The van der Waals surface area contributed by atoms with E-state index in [2.05, 4.69) is 10.2 Å². The molecule has 0 spiro atoms. The molecular weight excluding hydrogens is 222 g/mol. The van der Waals surface area contributed by atoms with Gasteiger partial charge >= 0.3 is 6.09 Å². The number of likely N-dealkylation sites (tertiary alicyclic amines) is 1. The zero-order valence-corrected chi connectivity index (χ0v) is 10.3. The van der Waals surface area contributed by atoms with E-state index >= 15 is 0 Å². The van der Waals surface area contributed by atoms with Gasteiger partial charge in [0.25, 0.3) is 0 Å². The maximum Gasteiger partial charge on any atom is 0.410 e. The predicted molar refractivity (Wildman–Crippen MR) is 59.2 cm³/mol. The van der Waals surface area contributed by atoms with Crippen LogP contribution in [0.15, 0.2) is 10.8 Å². The summed E-state index contributed by atoms with van der Waals surface area (Å²) in [6.07, 6.45) is 2.72. The van der Waals surface area contributed by atoms with Gasteiger partial charge in [0.15, 0.2) is 0 Å². The minimum Gasteiger partial charge on any atom is -0.444 e. The van der Waals surface area contributed by atoms with Gasteiger partial charge in [-0.25, -0.2) is 4.79 Å². The predicted octanol–water partition coefficient (Wildman–Crippen LogP) is 2.14. The van der Waals surface area contributed by atoms with E-state index in [1.807, 2.05) is 20.8 Å². The fourth-order valence-electron chi connectivity index (χ4n) is 1.89. The molecule has 17 heavy (non-hydrogen) atoms. The Labute approximate surface area is 99.9 Å². The summed E-state index contributed by atoms with van der Waals surface area (Å²) in [5.41, 5.74) is -0.487. The number of nitrogens with zero attached hydrogens (tertiary/aromatic N) is 3. The van der Waals surface area contributed by atoms with Gasteiger partial charge in [-0.2, -0.15) is 0 Å². The normalized spacial score (nSPS) is 20.6. The number of hydrogen-bond donors (Lipinski definition) is 0. The van der Waals surface area contributed by atoms with Crippen molar-refractivity contribution in [2.45, 2.75) is 45.3 Å². The summed E-state index contributed by atoms with van der Waals surface area (Å²) in [6.45, 7) is 6.22. The van der Waals surface area contributed by atoms with Gasteiger partial charge in [-0.1, -0.05) is 0 Å². The van der Waals surface area contributed by atoms with E-state index < -0.39 is 5.60 Å². The molecule has 1 saturated heterocycles. The van der Waals surface area contributed by atoms with E-state index in [-0.39, 0.29) is 12.1 Å². The van der Waals surface area contributed by atoms with Gasteiger partial charge < -0.3 is 9.15 Å². The first kappa shape index (κ1) is 11.9. The molecule has 2 rings (SSSR count). The molecule has 1 aliphatic heterocycles. The highest BCUT2D eigenvalue weighted by atomic mass is 16.6. The summed E-state index contributed by atoms with van der Waals surface area (Å²) in [5.74, 6) is 0.480. The van der Waals surface area contributed by atoms with Crippen LogP contribution in [0.2, 0.25) is 0 Å². The van der Waals surface area contributed by atoms with E-state index in [1.165, 1.54) is 6.39 Å². The second-order valence-electron chi connectivity index (χ2n) is 5.11. The van der Waals surface area contributed by atoms with Crippen molar-refractivity contribution < 1.29 is 13.9 Å². The van der Waals surface area contributed by atoms with Crippen LogP contribution in [0.5, 0.6) is 0 Å². The summed E-state index contributed by atoms with van der Waals surface area (Å²) < 4.78 is 10.5. The SMILES string of the molecule is CC(C)(C)OC(=O)N1CCCC1c1nnco1. The van der Waals surface area contributed by atoms with Crippen LogP contribution >= 0.6 is 0 Å². The topological polar surface area (TPSA) is 68.5 Å². The van der Waals surface area contributed by atoms with E-state index in [0.717, 1.165) is 12.8 Å². The lowest BCUT2D eigenvalue weighted by Gasteiger charge is -2.27. The van der Waals surface area contributed by atoms with Crippen LogP contribution in [0.1, 0.15) is 45.5 Å².